The van der Waals surface area contributed by atoms with Crippen LogP contribution in [0.2, 0.25) is 0 Å². The van der Waals surface area contributed by atoms with Crippen LogP contribution in [0.4, 0.5) is 8.78 Å². The molecule has 0 aromatic carbocycles. The Balaban J connectivity index is 1.28. The number of hydrogen-bond acceptors (Lipinski definition) is 0. The summed E-state index contributed by atoms with van der Waals surface area (Å²) in [6.45, 7) is 4.31. The second-order valence-electron chi connectivity index (χ2n) is 10.4. The van der Waals surface area contributed by atoms with Crippen LogP contribution in [0.25, 0.3) is 0 Å². The maximum atomic E-state index is 13.9. The molecular weight excluding hydrogens is 326 g/mol. The molecule has 0 N–H and O–H groups in total. The first-order valence-electron chi connectivity index (χ1n) is 11.8. The Kier molecular flexibility index (Phi) is 7.82. The van der Waals surface area contributed by atoms with Gasteiger partial charge in [0.2, 0.25) is 0 Å². The minimum Gasteiger partial charge on any atom is -0.244 e. The van der Waals surface area contributed by atoms with Gasteiger partial charge in [0.15, 0.2) is 0 Å². The Morgan fingerprint density at radius 2 is 1.19 bits per heavy atom. The molecule has 4 atom stereocenters. The summed E-state index contributed by atoms with van der Waals surface area (Å²) < 4.78 is 27.6. The van der Waals surface area contributed by atoms with Crippen LogP contribution in [0.15, 0.2) is 0 Å². The van der Waals surface area contributed by atoms with Gasteiger partial charge in [0.05, 0.1) is 0 Å². The zero-order valence-electron chi connectivity index (χ0n) is 17.3. The maximum absolute atomic E-state index is 13.9. The summed E-state index contributed by atoms with van der Waals surface area (Å²) in [7, 11) is 0. The van der Waals surface area contributed by atoms with E-state index in [1.54, 1.807) is 0 Å². The molecule has 0 aliphatic heterocycles. The van der Waals surface area contributed by atoms with Crippen LogP contribution in [-0.2, 0) is 0 Å². The van der Waals surface area contributed by atoms with Crippen molar-refractivity contribution in [3.63, 3.8) is 0 Å². The van der Waals surface area contributed by atoms with Gasteiger partial charge in [0.1, 0.15) is 12.3 Å². The number of halogens is 2. The van der Waals surface area contributed by atoms with Gasteiger partial charge in [-0.25, -0.2) is 8.78 Å². The van der Waals surface area contributed by atoms with Gasteiger partial charge in [-0.3, -0.25) is 0 Å². The molecule has 0 heterocycles. The van der Waals surface area contributed by atoms with Crippen molar-refractivity contribution in [2.24, 2.45) is 35.5 Å². The van der Waals surface area contributed by atoms with E-state index in [2.05, 4.69) is 6.92 Å². The van der Waals surface area contributed by atoms with Crippen molar-refractivity contribution >= 4 is 0 Å². The molecule has 0 saturated heterocycles. The SMILES string of the molecule is CC1CCC(CCCCC2CCC(C3CC(C)C(F)C(F)C3)CC2)CC1. The molecule has 3 fully saturated rings. The van der Waals surface area contributed by atoms with E-state index in [9.17, 15) is 8.78 Å². The first kappa shape index (κ1) is 20.6. The largest absolute Gasteiger partial charge is 0.244 e. The molecule has 3 rings (SSSR count). The molecule has 0 radical (unpaired) electrons. The van der Waals surface area contributed by atoms with Gasteiger partial charge in [-0.05, 0) is 61.2 Å². The van der Waals surface area contributed by atoms with Crippen LogP contribution in [0.5, 0.6) is 0 Å². The van der Waals surface area contributed by atoms with Crippen LogP contribution in [0.3, 0.4) is 0 Å². The summed E-state index contributed by atoms with van der Waals surface area (Å²) in [4.78, 5) is 0. The number of rotatable bonds is 6. The molecular formula is C24H42F2. The van der Waals surface area contributed by atoms with E-state index in [1.165, 1.54) is 77.0 Å². The maximum Gasteiger partial charge on any atom is 0.134 e. The molecule has 26 heavy (non-hydrogen) atoms. The number of unbranched alkanes of at least 4 members (excludes halogenated alkanes) is 1. The molecule has 0 nitrogen and oxygen atoms in total. The van der Waals surface area contributed by atoms with Crippen molar-refractivity contribution in [2.45, 2.75) is 116 Å². The summed E-state index contributed by atoms with van der Waals surface area (Å²) in [5.74, 6) is 3.93. The number of alkyl halides is 2. The number of hydrogen-bond donors (Lipinski definition) is 0. The summed E-state index contributed by atoms with van der Waals surface area (Å²) in [6, 6.07) is 0. The molecule has 3 saturated carbocycles. The molecule has 0 amide bonds. The van der Waals surface area contributed by atoms with Gasteiger partial charge >= 0.3 is 0 Å². The van der Waals surface area contributed by atoms with Gasteiger partial charge in [0.25, 0.3) is 0 Å². The summed E-state index contributed by atoms with van der Waals surface area (Å²) in [6.07, 6.45) is 15.8. The molecule has 4 unspecified atom stereocenters. The molecule has 2 heteroatoms. The van der Waals surface area contributed by atoms with Crippen LogP contribution in [-0.4, -0.2) is 12.3 Å². The zero-order valence-corrected chi connectivity index (χ0v) is 17.3. The lowest BCUT2D eigenvalue weighted by Gasteiger charge is -2.40. The van der Waals surface area contributed by atoms with Crippen molar-refractivity contribution < 1.29 is 8.78 Å². The van der Waals surface area contributed by atoms with E-state index >= 15 is 0 Å². The van der Waals surface area contributed by atoms with E-state index < -0.39 is 12.3 Å². The molecule has 3 aliphatic carbocycles. The minimum atomic E-state index is -1.21. The van der Waals surface area contributed by atoms with E-state index in [0.717, 1.165) is 24.2 Å². The fourth-order valence-electron chi connectivity index (χ4n) is 6.30. The Hall–Kier alpha value is -0.140. The Labute approximate surface area is 160 Å². The molecule has 152 valence electrons. The third-order valence-corrected chi connectivity index (χ3v) is 8.26. The standard InChI is InChI=1S/C24H42F2/c1-17-7-9-19(10-8-17)5-3-4-6-20-11-13-21(14-12-20)22-15-18(2)24(26)23(25)16-22/h17-24H,3-16H2,1-2H3. The molecule has 0 aromatic rings. The predicted octanol–water partition coefficient (Wildman–Crippen LogP) is 7.90. The second kappa shape index (κ2) is 9.87. The van der Waals surface area contributed by atoms with Gasteiger partial charge in [-0.15, -0.1) is 0 Å². The second-order valence-corrected chi connectivity index (χ2v) is 10.4. The summed E-state index contributed by atoms with van der Waals surface area (Å²) in [5.41, 5.74) is 0. The average molecular weight is 369 g/mol. The highest BCUT2D eigenvalue weighted by Gasteiger charge is 2.39. The zero-order chi connectivity index (χ0) is 18.5. The normalized spacial score (nSPS) is 44.8. The molecule has 0 bridgehead atoms. The van der Waals surface area contributed by atoms with E-state index in [-0.39, 0.29) is 5.92 Å². The summed E-state index contributed by atoms with van der Waals surface area (Å²) in [5, 5.41) is 0. The molecule has 0 spiro atoms. The lowest BCUT2D eigenvalue weighted by molar-refractivity contribution is 0.0179. The lowest BCUT2D eigenvalue weighted by atomic mass is 9.67. The predicted molar refractivity (Wildman–Crippen MR) is 107 cm³/mol. The quantitative estimate of drug-likeness (QED) is 0.418. The topological polar surface area (TPSA) is 0 Å². The van der Waals surface area contributed by atoms with E-state index in [1.807, 2.05) is 6.92 Å². The monoisotopic (exact) mass is 368 g/mol. The third-order valence-electron chi connectivity index (χ3n) is 8.26. The highest BCUT2D eigenvalue weighted by molar-refractivity contribution is 4.89. The minimum absolute atomic E-state index is 0.0794. The Morgan fingerprint density at radius 1 is 0.654 bits per heavy atom. The van der Waals surface area contributed by atoms with Crippen LogP contribution < -0.4 is 0 Å². The van der Waals surface area contributed by atoms with Gasteiger partial charge < -0.3 is 0 Å². The van der Waals surface area contributed by atoms with Crippen LogP contribution in [0, 0.1) is 35.5 Å². The fourth-order valence-corrected chi connectivity index (χ4v) is 6.30. The van der Waals surface area contributed by atoms with E-state index in [4.69, 9.17) is 0 Å². The Morgan fingerprint density at radius 3 is 1.73 bits per heavy atom. The van der Waals surface area contributed by atoms with Crippen molar-refractivity contribution in [2.75, 3.05) is 0 Å². The van der Waals surface area contributed by atoms with Crippen molar-refractivity contribution in [3.05, 3.63) is 0 Å². The van der Waals surface area contributed by atoms with Gasteiger partial charge in [-0.2, -0.15) is 0 Å². The van der Waals surface area contributed by atoms with Crippen molar-refractivity contribution in [3.8, 4) is 0 Å². The van der Waals surface area contributed by atoms with Crippen LogP contribution >= 0.6 is 0 Å². The smallest absolute Gasteiger partial charge is 0.134 e. The van der Waals surface area contributed by atoms with Crippen LogP contribution in [0.1, 0.15) is 104 Å². The van der Waals surface area contributed by atoms with Crippen molar-refractivity contribution in [1.29, 1.82) is 0 Å². The molecule has 3 aliphatic rings. The van der Waals surface area contributed by atoms with Gasteiger partial charge in [-0.1, -0.05) is 78.1 Å². The highest BCUT2D eigenvalue weighted by Crippen LogP contribution is 2.44. The van der Waals surface area contributed by atoms with Crippen molar-refractivity contribution in [1.82, 2.24) is 0 Å². The average Bonchev–Trinajstić information content (AvgIpc) is 2.65. The fraction of sp³-hybridized carbons (Fsp3) is 1.00. The molecule has 0 aromatic heterocycles. The first-order valence-corrected chi connectivity index (χ1v) is 11.8. The van der Waals surface area contributed by atoms with Gasteiger partial charge in [0, 0.05) is 0 Å². The van der Waals surface area contributed by atoms with E-state index in [0.29, 0.717) is 18.3 Å². The first-order chi connectivity index (χ1) is 12.5. The summed E-state index contributed by atoms with van der Waals surface area (Å²) >= 11 is 0. The Bertz CT molecular complexity index is 381. The third kappa shape index (κ3) is 5.68. The highest BCUT2D eigenvalue weighted by atomic mass is 19.2. The lowest BCUT2D eigenvalue weighted by Crippen LogP contribution is -2.37.